The van der Waals surface area contributed by atoms with Crippen LogP contribution in [0.15, 0.2) is 46.3 Å². The average molecular weight is 521 g/mol. The molecule has 1 unspecified atom stereocenters. The van der Waals surface area contributed by atoms with Crippen molar-refractivity contribution in [3.63, 3.8) is 0 Å². The number of dihydropyridines is 1. The number of carbonyl (C=O) groups is 2. The summed E-state index contributed by atoms with van der Waals surface area (Å²) in [5, 5.41) is 5.12. The number of nitrogens with one attached hydrogen (secondary N) is 1. The maximum atomic E-state index is 13.6. The SMILES string of the molecule is CCN(c1cc(-c2cccs2)cc(C(=O)NCC2C(=O)N=C(C)C=C2C)c1C)C1CCC(N(C)C)CC1. The molecule has 0 spiro atoms. The molecule has 2 heterocycles. The summed E-state index contributed by atoms with van der Waals surface area (Å²) in [5.74, 6) is -0.739. The van der Waals surface area contributed by atoms with Crippen molar-refractivity contribution in [3.05, 3.63) is 52.4 Å². The first-order valence-corrected chi connectivity index (χ1v) is 14.2. The average Bonchev–Trinajstić information content (AvgIpc) is 3.40. The van der Waals surface area contributed by atoms with Crippen molar-refractivity contribution in [2.45, 2.75) is 65.5 Å². The van der Waals surface area contributed by atoms with Crippen LogP contribution in [0, 0.1) is 12.8 Å². The van der Waals surface area contributed by atoms with E-state index in [-0.39, 0.29) is 18.4 Å². The monoisotopic (exact) mass is 520 g/mol. The number of nitrogens with zero attached hydrogens (tertiary/aromatic N) is 3. The predicted molar refractivity (Wildman–Crippen MR) is 155 cm³/mol. The van der Waals surface area contributed by atoms with E-state index in [1.807, 2.05) is 32.1 Å². The highest BCUT2D eigenvalue weighted by atomic mass is 32.1. The molecule has 6 nitrogen and oxygen atoms in total. The lowest BCUT2D eigenvalue weighted by molar-refractivity contribution is -0.120. The van der Waals surface area contributed by atoms with E-state index in [1.54, 1.807) is 11.3 Å². The highest BCUT2D eigenvalue weighted by molar-refractivity contribution is 7.13. The fraction of sp³-hybridized carbons (Fsp3) is 0.500. The van der Waals surface area contributed by atoms with Crippen molar-refractivity contribution in [1.82, 2.24) is 10.2 Å². The number of benzene rings is 1. The van der Waals surface area contributed by atoms with Crippen LogP contribution in [0.1, 0.15) is 62.4 Å². The Bertz CT molecular complexity index is 1190. The van der Waals surface area contributed by atoms with Gasteiger partial charge in [0.1, 0.15) is 0 Å². The van der Waals surface area contributed by atoms with Gasteiger partial charge in [0.15, 0.2) is 0 Å². The molecule has 1 atom stereocenters. The number of rotatable bonds is 8. The first-order valence-electron chi connectivity index (χ1n) is 13.4. The number of aliphatic imine (C=N–C) groups is 1. The molecule has 0 bridgehead atoms. The fourth-order valence-corrected chi connectivity index (χ4v) is 6.49. The van der Waals surface area contributed by atoms with Gasteiger partial charge in [-0.15, -0.1) is 11.3 Å². The molecular weight excluding hydrogens is 480 g/mol. The lowest BCUT2D eigenvalue weighted by atomic mass is 9.88. The molecule has 1 aliphatic carbocycles. The van der Waals surface area contributed by atoms with Crippen molar-refractivity contribution in [3.8, 4) is 10.4 Å². The van der Waals surface area contributed by atoms with E-state index in [0.29, 0.717) is 23.4 Å². The fourth-order valence-electron chi connectivity index (χ4n) is 5.78. The minimum atomic E-state index is -0.410. The second-order valence-corrected chi connectivity index (χ2v) is 11.5. The Morgan fingerprint density at radius 3 is 2.41 bits per heavy atom. The van der Waals surface area contributed by atoms with Gasteiger partial charge in [-0.2, -0.15) is 0 Å². The third-order valence-electron chi connectivity index (χ3n) is 7.96. The second kappa shape index (κ2) is 11.7. The molecule has 1 aromatic carbocycles. The Morgan fingerprint density at radius 2 is 1.81 bits per heavy atom. The van der Waals surface area contributed by atoms with Crippen molar-refractivity contribution in [1.29, 1.82) is 0 Å². The molecule has 0 saturated heterocycles. The van der Waals surface area contributed by atoms with Gasteiger partial charge in [-0.1, -0.05) is 11.6 Å². The summed E-state index contributed by atoms with van der Waals surface area (Å²) in [7, 11) is 4.35. The minimum Gasteiger partial charge on any atom is -0.369 e. The minimum absolute atomic E-state index is 0.142. The predicted octanol–water partition coefficient (Wildman–Crippen LogP) is 5.72. The van der Waals surface area contributed by atoms with Gasteiger partial charge >= 0.3 is 0 Å². The quantitative estimate of drug-likeness (QED) is 0.484. The van der Waals surface area contributed by atoms with Crippen LogP contribution in [0.25, 0.3) is 10.4 Å². The number of amides is 2. The summed E-state index contributed by atoms with van der Waals surface area (Å²) in [5.41, 5.74) is 5.51. The Labute approximate surface area is 225 Å². The second-order valence-electron chi connectivity index (χ2n) is 10.6. The molecule has 2 aromatic rings. The molecule has 1 fully saturated rings. The van der Waals surface area contributed by atoms with Gasteiger partial charge in [-0.05, 0) is 108 Å². The van der Waals surface area contributed by atoms with Gasteiger partial charge in [0.05, 0.1) is 5.92 Å². The summed E-state index contributed by atoms with van der Waals surface area (Å²) in [6.45, 7) is 9.16. The summed E-state index contributed by atoms with van der Waals surface area (Å²) >= 11 is 1.68. The van der Waals surface area contributed by atoms with Crippen LogP contribution in [-0.2, 0) is 4.79 Å². The molecular formula is C30H40N4O2S. The summed E-state index contributed by atoms with van der Waals surface area (Å²) in [4.78, 5) is 36.1. The molecule has 1 aliphatic heterocycles. The zero-order valence-electron chi connectivity index (χ0n) is 23.0. The van der Waals surface area contributed by atoms with E-state index in [1.165, 1.54) is 12.8 Å². The van der Waals surface area contributed by atoms with Gasteiger partial charge in [0, 0.05) is 47.0 Å². The largest absolute Gasteiger partial charge is 0.369 e. The topological polar surface area (TPSA) is 65.0 Å². The molecule has 4 rings (SSSR count). The Balaban J connectivity index is 1.62. The molecule has 2 aliphatic rings. The zero-order chi connectivity index (χ0) is 26.7. The molecule has 37 heavy (non-hydrogen) atoms. The zero-order valence-corrected chi connectivity index (χ0v) is 23.8. The van der Waals surface area contributed by atoms with E-state index in [2.05, 4.69) is 65.6 Å². The van der Waals surface area contributed by atoms with Crippen molar-refractivity contribution < 1.29 is 9.59 Å². The van der Waals surface area contributed by atoms with Crippen LogP contribution < -0.4 is 10.2 Å². The van der Waals surface area contributed by atoms with E-state index in [9.17, 15) is 9.59 Å². The molecule has 2 amide bonds. The number of hydrogen-bond acceptors (Lipinski definition) is 5. The smallest absolute Gasteiger partial charge is 0.254 e. The van der Waals surface area contributed by atoms with Crippen LogP contribution in [0.3, 0.4) is 0 Å². The van der Waals surface area contributed by atoms with Gasteiger partial charge in [-0.3, -0.25) is 9.59 Å². The summed E-state index contributed by atoms with van der Waals surface area (Å²) < 4.78 is 0. The molecule has 7 heteroatoms. The number of thiophene rings is 1. The summed E-state index contributed by atoms with van der Waals surface area (Å²) in [6.07, 6.45) is 6.60. The Morgan fingerprint density at radius 1 is 1.11 bits per heavy atom. The molecule has 1 N–H and O–H groups in total. The summed E-state index contributed by atoms with van der Waals surface area (Å²) in [6, 6.07) is 9.52. The van der Waals surface area contributed by atoms with Gasteiger partial charge in [0.25, 0.3) is 11.8 Å². The van der Waals surface area contributed by atoms with E-state index in [0.717, 1.165) is 46.7 Å². The third-order valence-corrected chi connectivity index (χ3v) is 8.87. The van der Waals surface area contributed by atoms with Gasteiger partial charge in [0.2, 0.25) is 0 Å². The first kappa shape index (κ1) is 27.3. The first-order chi connectivity index (χ1) is 17.7. The molecule has 198 valence electrons. The van der Waals surface area contributed by atoms with E-state index >= 15 is 0 Å². The van der Waals surface area contributed by atoms with Crippen molar-refractivity contribution in [2.75, 3.05) is 32.1 Å². The maximum Gasteiger partial charge on any atom is 0.254 e. The van der Waals surface area contributed by atoms with E-state index < -0.39 is 5.92 Å². The van der Waals surface area contributed by atoms with Crippen molar-refractivity contribution >= 4 is 34.6 Å². The van der Waals surface area contributed by atoms with Crippen LogP contribution in [0.4, 0.5) is 5.69 Å². The lowest BCUT2D eigenvalue weighted by Crippen LogP contribution is -2.42. The van der Waals surface area contributed by atoms with Crippen LogP contribution >= 0.6 is 11.3 Å². The number of carbonyl (C=O) groups excluding carboxylic acids is 2. The molecule has 1 aromatic heterocycles. The van der Waals surface area contributed by atoms with Crippen LogP contribution in [0.2, 0.25) is 0 Å². The highest BCUT2D eigenvalue weighted by Crippen LogP contribution is 2.36. The normalized spacial score (nSPS) is 22.0. The third kappa shape index (κ3) is 6.04. The molecule has 0 radical (unpaired) electrons. The van der Waals surface area contributed by atoms with Crippen LogP contribution in [0.5, 0.6) is 0 Å². The standard InChI is InChI=1S/C30H40N4O2S/c1-7-34(24-12-10-23(11-13-24)33(5)6)27-17-22(28-9-8-14-37-28)16-25(21(27)4)29(35)31-18-26-19(2)15-20(3)32-30(26)36/h8-9,14-17,23-24,26H,7,10-13,18H2,1-6H3,(H,31,35). The number of allylic oxidation sites excluding steroid dienone is 1. The van der Waals surface area contributed by atoms with Gasteiger partial charge < -0.3 is 15.1 Å². The highest BCUT2D eigenvalue weighted by Gasteiger charge is 2.29. The Kier molecular flexibility index (Phi) is 8.65. The Hall–Kier alpha value is -2.77. The number of anilines is 1. The van der Waals surface area contributed by atoms with Crippen LogP contribution in [-0.4, -0.2) is 61.7 Å². The van der Waals surface area contributed by atoms with Crippen molar-refractivity contribution in [2.24, 2.45) is 10.9 Å². The maximum absolute atomic E-state index is 13.6. The number of hydrogen-bond donors (Lipinski definition) is 1. The lowest BCUT2D eigenvalue weighted by Gasteiger charge is -2.40. The molecule has 1 saturated carbocycles. The van der Waals surface area contributed by atoms with E-state index in [4.69, 9.17) is 0 Å². The van der Waals surface area contributed by atoms with Gasteiger partial charge in [-0.25, -0.2) is 4.99 Å².